The number of nitriles is 1. The Hall–Kier alpha value is -1.68. The molecule has 1 aromatic rings. The van der Waals surface area contributed by atoms with E-state index in [2.05, 4.69) is 27.0 Å². The fourth-order valence-corrected chi connectivity index (χ4v) is 3.64. The first-order chi connectivity index (χ1) is 11.1. The summed E-state index contributed by atoms with van der Waals surface area (Å²) < 4.78 is 13.5. The molecule has 0 bridgehead atoms. The number of halogens is 2. The van der Waals surface area contributed by atoms with Gasteiger partial charge in [-0.1, -0.05) is 20.8 Å². The Bertz CT molecular complexity index is 683. The van der Waals surface area contributed by atoms with Crippen molar-refractivity contribution in [3.05, 3.63) is 28.2 Å². The first-order valence-corrected chi connectivity index (χ1v) is 8.59. The first kappa shape index (κ1) is 18.7. The van der Waals surface area contributed by atoms with Gasteiger partial charge in [-0.25, -0.2) is 14.2 Å². The molecule has 0 saturated carbocycles. The van der Waals surface area contributed by atoms with Gasteiger partial charge in [0.15, 0.2) is 5.82 Å². The van der Waals surface area contributed by atoms with Gasteiger partial charge in [0.1, 0.15) is 4.60 Å². The Morgan fingerprint density at radius 1 is 1.58 bits per heavy atom. The van der Waals surface area contributed by atoms with Crippen LogP contribution in [0.4, 0.5) is 9.18 Å². The van der Waals surface area contributed by atoms with E-state index in [9.17, 15) is 19.6 Å². The third kappa shape index (κ3) is 3.86. The molecule has 1 amide bonds. The van der Waals surface area contributed by atoms with Crippen LogP contribution in [-0.4, -0.2) is 33.7 Å². The van der Waals surface area contributed by atoms with Crippen LogP contribution < -0.4 is 0 Å². The largest absolute Gasteiger partial charge is 0.465 e. The summed E-state index contributed by atoms with van der Waals surface area (Å²) in [6, 6.07) is 5.04. The fraction of sp³-hybridized carbons (Fsp3) is 0.588. The second kappa shape index (κ2) is 6.67. The topological polar surface area (TPSA) is 77.2 Å². The van der Waals surface area contributed by atoms with Crippen LogP contribution in [0.15, 0.2) is 16.7 Å². The van der Waals surface area contributed by atoms with Gasteiger partial charge in [0.2, 0.25) is 0 Å². The minimum atomic E-state index is -0.955. The van der Waals surface area contributed by atoms with E-state index in [-0.39, 0.29) is 16.1 Å². The quantitative estimate of drug-likeness (QED) is 0.757. The fourth-order valence-electron chi connectivity index (χ4n) is 3.28. The third-order valence-electron chi connectivity index (χ3n) is 4.65. The molecular formula is C17H21BrFN3O2. The molecule has 2 atom stereocenters. The normalized spacial score (nSPS) is 24.5. The van der Waals surface area contributed by atoms with Crippen molar-refractivity contribution >= 4 is 22.0 Å². The number of rotatable bonds is 2. The number of carbonyl (C=O) groups is 1. The molecule has 0 aromatic carbocycles. The molecule has 5 nitrogen and oxygen atoms in total. The minimum Gasteiger partial charge on any atom is -0.465 e. The van der Waals surface area contributed by atoms with Crippen molar-refractivity contribution in [3.8, 4) is 6.07 Å². The van der Waals surface area contributed by atoms with E-state index < -0.39 is 17.3 Å². The van der Waals surface area contributed by atoms with Crippen LogP contribution in [0.3, 0.4) is 0 Å². The maximum absolute atomic E-state index is 13.4. The Balaban J connectivity index is 2.31. The molecule has 1 aliphatic heterocycles. The number of aromatic nitrogens is 1. The van der Waals surface area contributed by atoms with Crippen LogP contribution >= 0.6 is 15.9 Å². The van der Waals surface area contributed by atoms with E-state index in [0.29, 0.717) is 31.5 Å². The zero-order valence-electron chi connectivity index (χ0n) is 14.0. The summed E-state index contributed by atoms with van der Waals surface area (Å²) >= 11 is 3.07. The molecule has 2 heterocycles. The van der Waals surface area contributed by atoms with Gasteiger partial charge >= 0.3 is 6.09 Å². The lowest BCUT2D eigenvalue weighted by molar-refractivity contribution is 0.0225. The maximum Gasteiger partial charge on any atom is 0.407 e. The summed E-state index contributed by atoms with van der Waals surface area (Å²) in [6.45, 7) is 6.25. The number of hydrogen-bond donors (Lipinski definition) is 1. The lowest BCUT2D eigenvalue weighted by Crippen LogP contribution is -2.54. The van der Waals surface area contributed by atoms with Gasteiger partial charge in [0.05, 0.1) is 11.5 Å². The van der Waals surface area contributed by atoms with E-state index in [1.54, 1.807) is 6.07 Å². The molecule has 1 aliphatic rings. The van der Waals surface area contributed by atoms with Crippen molar-refractivity contribution in [2.24, 2.45) is 10.8 Å². The zero-order chi connectivity index (χ0) is 18.1. The standard InChI is InChI=1S/C17H21BrFN3O2/c1-16(2,3)13-9-17(10-20,6-7-22(13)15(23)24)8-11-4-5-12(19)14(18)21-11/h4-5,13H,6-9H2,1-3H3,(H,23,24). The molecule has 1 aromatic heterocycles. The van der Waals surface area contributed by atoms with Crippen molar-refractivity contribution in [1.29, 1.82) is 5.26 Å². The Kier molecular flexibility index (Phi) is 5.19. The summed E-state index contributed by atoms with van der Waals surface area (Å²) in [6.07, 6.45) is 0.307. The molecule has 0 radical (unpaired) electrons. The summed E-state index contributed by atoms with van der Waals surface area (Å²) in [7, 11) is 0. The van der Waals surface area contributed by atoms with Gasteiger partial charge in [-0.3, -0.25) is 0 Å². The van der Waals surface area contributed by atoms with Gasteiger partial charge in [-0.15, -0.1) is 0 Å². The van der Waals surface area contributed by atoms with E-state index in [1.165, 1.54) is 11.0 Å². The second-order valence-corrected chi connectivity index (χ2v) is 8.21. The molecule has 2 rings (SSSR count). The van der Waals surface area contributed by atoms with Gasteiger partial charge in [0.25, 0.3) is 0 Å². The van der Waals surface area contributed by atoms with Crippen molar-refractivity contribution < 1.29 is 14.3 Å². The smallest absolute Gasteiger partial charge is 0.407 e. The highest BCUT2D eigenvalue weighted by Crippen LogP contribution is 2.43. The SMILES string of the molecule is CC(C)(C)C1CC(C#N)(Cc2ccc(F)c(Br)n2)CCN1C(=O)O. The highest BCUT2D eigenvalue weighted by molar-refractivity contribution is 9.10. The van der Waals surface area contributed by atoms with Crippen molar-refractivity contribution in [2.75, 3.05) is 6.54 Å². The van der Waals surface area contributed by atoms with Crippen LogP contribution in [0.25, 0.3) is 0 Å². The third-order valence-corrected chi connectivity index (χ3v) is 5.21. The maximum atomic E-state index is 13.4. The average Bonchev–Trinajstić information content (AvgIpc) is 2.50. The van der Waals surface area contributed by atoms with Crippen molar-refractivity contribution in [1.82, 2.24) is 9.88 Å². The molecule has 2 unspecified atom stereocenters. The molecule has 1 N–H and O–H groups in total. The number of carboxylic acid groups (broad SMARTS) is 1. The second-order valence-electron chi connectivity index (χ2n) is 7.46. The monoisotopic (exact) mass is 397 g/mol. The number of pyridine rings is 1. The number of piperidine rings is 1. The molecule has 1 saturated heterocycles. The van der Waals surface area contributed by atoms with E-state index in [4.69, 9.17) is 0 Å². The zero-order valence-corrected chi connectivity index (χ0v) is 15.6. The Labute approximate surface area is 149 Å². The van der Waals surface area contributed by atoms with Gasteiger partial charge in [-0.2, -0.15) is 5.26 Å². The molecule has 7 heteroatoms. The van der Waals surface area contributed by atoms with Gasteiger partial charge < -0.3 is 10.0 Å². The number of hydrogen-bond acceptors (Lipinski definition) is 3. The summed E-state index contributed by atoms with van der Waals surface area (Å²) in [5, 5.41) is 19.3. The molecule has 24 heavy (non-hydrogen) atoms. The Morgan fingerprint density at radius 3 is 2.75 bits per heavy atom. The highest BCUT2D eigenvalue weighted by atomic mass is 79.9. The lowest BCUT2D eigenvalue weighted by atomic mass is 9.67. The number of nitrogens with zero attached hydrogens (tertiary/aromatic N) is 3. The van der Waals surface area contributed by atoms with Crippen molar-refractivity contribution in [2.45, 2.75) is 46.1 Å². The van der Waals surface area contributed by atoms with Crippen LogP contribution in [0.1, 0.15) is 39.3 Å². The molecular weight excluding hydrogens is 377 g/mol. The summed E-state index contributed by atoms with van der Waals surface area (Å²) in [5.74, 6) is -0.446. The Morgan fingerprint density at radius 2 is 2.25 bits per heavy atom. The van der Waals surface area contributed by atoms with Crippen LogP contribution in [0.5, 0.6) is 0 Å². The lowest BCUT2D eigenvalue weighted by Gasteiger charge is -2.47. The average molecular weight is 398 g/mol. The van der Waals surface area contributed by atoms with Crippen LogP contribution in [0.2, 0.25) is 0 Å². The number of amides is 1. The van der Waals surface area contributed by atoms with Crippen LogP contribution in [0, 0.1) is 28.0 Å². The van der Waals surface area contributed by atoms with E-state index in [0.717, 1.165) is 0 Å². The van der Waals surface area contributed by atoms with Crippen molar-refractivity contribution in [3.63, 3.8) is 0 Å². The van der Waals surface area contributed by atoms with Gasteiger partial charge in [-0.05, 0) is 46.3 Å². The van der Waals surface area contributed by atoms with Gasteiger partial charge in [0, 0.05) is 24.7 Å². The molecule has 1 fully saturated rings. The summed E-state index contributed by atoms with van der Waals surface area (Å²) in [4.78, 5) is 17.1. The molecule has 0 aliphatic carbocycles. The summed E-state index contributed by atoms with van der Waals surface area (Å²) in [5.41, 5.74) is -0.354. The molecule has 130 valence electrons. The number of likely N-dealkylation sites (tertiary alicyclic amines) is 1. The first-order valence-electron chi connectivity index (χ1n) is 7.80. The van der Waals surface area contributed by atoms with Crippen LogP contribution in [-0.2, 0) is 6.42 Å². The predicted octanol–water partition coefficient (Wildman–Crippen LogP) is 4.22. The van der Waals surface area contributed by atoms with E-state index in [1.807, 2.05) is 20.8 Å². The predicted molar refractivity (Wildman–Crippen MR) is 90.9 cm³/mol. The molecule has 0 spiro atoms. The highest BCUT2D eigenvalue weighted by Gasteiger charge is 2.46. The van der Waals surface area contributed by atoms with E-state index >= 15 is 0 Å². The minimum absolute atomic E-state index is 0.128.